The van der Waals surface area contributed by atoms with Crippen molar-refractivity contribution in [3.63, 3.8) is 0 Å². The van der Waals surface area contributed by atoms with E-state index >= 15 is 0 Å². The second-order valence-corrected chi connectivity index (χ2v) is 9.15. The molecule has 2 N–H and O–H groups in total. The van der Waals surface area contributed by atoms with Gasteiger partial charge in [0.25, 0.3) is 0 Å². The van der Waals surface area contributed by atoms with Crippen LogP contribution in [0.5, 0.6) is 0 Å². The fraction of sp³-hybridized carbons (Fsp3) is 0.357. The van der Waals surface area contributed by atoms with Crippen LogP contribution in [-0.2, 0) is 15.1 Å². The number of nitrogens with zero attached hydrogens (tertiary/aromatic N) is 1. The molecule has 2 aliphatic rings. The van der Waals surface area contributed by atoms with Crippen LogP contribution in [0.2, 0.25) is 0 Å². The lowest BCUT2D eigenvalue weighted by molar-refractivity contribution is -0.162. The maximum Gasteiger partial charge on any atom is 0.347 e. The first-order valence-electron chi connectivity index (χ1n) is 11.9. The maximum absolute atomic E-state index is 13.4. The van der Waals surface area contributed by atoms with Crippen LogP contribution in [0, 0.1) is 5.92 Å². The second kappa shape index (κ2) is 9.46. The molecule has 5 rings (SSSR count). The number of carbonyl (C=O) groups excluding carboxylic acids is 1. The molecule has 1 saturated heterocycles. The van der Waals surface area contributed by atoms with Crippen molar-refractivity contribution in [3.8, 4) is 11.1 Å². The Morgan fingerprint density at radius 2 is 1.70 bits per heavy atom. The van der Waals surface area contributed by atoms with Crippen LogP contribution in [0.4, 0.5) is 0 Å². The Hall–Kier alpha value is -3.02. The van der Waals surface area contributed by atoms with Crippen molar-refractivity contribution in [2.45, 2.75) is 37.2 Å². The van der Waals surface area contributed by atoms with Gasteiger partial charge in [-0.25, -0.2) is 4.79 Å². The van der Waals surface area contributed by atoms with Gasteiger partial charge in [0.2, 0.25) is 5.60 Å². The molecule has 1 aliphatic heterocycles. The van der Waals surface area contributed by atoms with E-state index in [1.165, 1.54) is 12.8 Å². The Bertz CT molecular complexity index is 1060. The van der Waals surface area contributed by atoms with Crippen molar-refractivity contribution in [1.29, 1.82) is 0 Å². The Kier molecular flexibility index (Phi) is 6.25. The summed E-state index contributed by atoms with van der Waals surface area (Å²) < 4.78 is 5.87. The molecule has 5 nitrogen and oxygen atoms in total. The largest absolute Gasteiger partial charge is 0.462 e. The molecule has 33 heavy (non-hydrogen) atoms. The fourth-order valence-corrected chi connectivity index (χ4v) is 5.28. The van der Waals surface area contributed by atoms with E-state index in [1.807, 2.05) is 66.9 Å². The number of aromatic nitrogens is 1. The summed E-state index contributed by atoms with van der Waals surface area (Å²) in [5, 5.41) is 15.1. The predicted molar refractivity (Wildman–Crippen MR) is 128 cm³/mol. The summed E-state index contributed by atoms with van der Waals surface area (Å²) in [6.45, 7) is 2.37. The van der Waals surface area contributed by atoms with Crippen LogP contribution in [0.1, 0.15) is 48.3 Å². The van der Waals surface area contributed by atoms with Gasteiger partial charge in [0.15, 0.2) is 0 Å². The highest BCUT2D eigenvalue weighted by Gasteiger charge is 2.49. The van der Waals surface area contributed by atoms with Crippen LogP contribution < -0.4 is 5.32 Å². The third-order valence-corrected chi connectivity index (χ3v) is 7.17. The van der Waals surface area contributed by atoms with Gasteiger partial charge in [0.1, 0.15) is 0 Å². The van der Waals surface area contributed by atoms with Gasteiger partial charge in [0.05, 0.1) is 6.61 Å². The molecule has 0 amide bonds. The van der Waals surface area contributed by atoms with Crippen molar-refractivity contribution >= 4 is 5.97 Å². The third-order valence-electron chi connectivity index (χ3n) is 7.17. The number of rotatable bonds is 7. The van der Waals surface area contributed by atoms with E-state index in [1.54, 1.807) is 6.20 Å². The number of pyridine rings is 1. The minimum atomic E-state index is -1.79. The zero-order chi connectivity index (χ0) is 22.7. The van der Waals surface area contributed by atoms with Crippen molar-refractivity contribution in [1.82, 2.24) is 10.3 Å². The summed E-state index contributed by atoms with van der Waals surface area (Å²) in [6.07, 6.45) is 8.01. The molecular weight excluding hydrogens is 412 g/mol. The average molecular weight is 443 g/mol. The van der Waals surface area contributed by atoms with Crippen molar-refractivity contribution in [2.24, 2.45) is 5.92 Å². The van der Waals surface area contributed by atoms with E-state index in [2.05, 4.69) is 10.3 Å². The SMILES string of the molecule is O=C(OCC(CCC1CCNCC1)c1cccnc1)C1(O)c2ccccc2-c2ccccc21. The van der Waals surface area contributed by atoms with E-state index in [4.69, 9.17) is 4.74 Å². The fourth-order valence-electron chi connectivity index (χ4n) is 5.28. The normalized spacial score (nSPS) is 17.7. The van der Waals surface area contributed by atoms with Crippen LogP contribution in [0.25, 0.3) is 11.1 Å². The van der Waals surface area contributed by atoms with Gasteiger partial charge in [-0.05, 0) is 67.4 Å². The molecular formula is C28H30N2O3. The lowest BCUT2D eigenvalue weighted by Gasteiger charge is -2.27. The third kappa shape index (κ3) is 4.19. The summed E-state index contributed by atoms with van der Waals surface area (Å²) in [5.74, 6) is 0.127. The highest BCUT2D eigenvalue weighted by molar-refractivity contribution is 5.96. The molecule has 5 heteroatoms. The van der Waals surface area contributed by atoms with Crippen LogP contribution >= 0.6 is 0 Å². The number of piperidine rings is 1. The van der Waals surface area contributed by atoms with Crippen molar-refractivity contribution in [2.75, 3.05) is 19.7 Å². The Morgan fingerprint density at radius 1 is 1.03 bits per heavy atom. The van der Waals surface area contributed by atoms with E-state index < -0.39 is 11.6 Å². The standard InChI is InChI=1S/C28H30N2O3/c31-27(28(32)25-9-3-1-7-23(25)24-8-2-4-10-26(24)28)33-19-22(21-6-5-15-30-18-21)12-11-20-13-16-29-17-14-20/h1-10,15,18,20,22,29,32H,11-14,16-17,19H2. The number of carbonyl (C=O) groups is 1. The molecule has 1 aromatic heterocycles. The summed E-state index contributed by atoms with van der Waals surface area (Å²) in [4.78, 5) is 17.7. The first-order chi connectivity index (χ1) is 16.2. The number of nitrogens with one attached hydrogen (secondary N) is 1. The van der Waals surface area contributed by atoms with E-state index in [-0.39, 0.29) is 12.5 Å². The Labute approximate surface area is 194 Å². The molecule has 0 bridgehead atoms. The lowest BCUT2D eigenvalue weighted by atomic mass is 9.87. The molecule has 0 spiro atoms. The highest BCUT2D eigenvalue weighted by atomic mass is 16.5. The number of benzene rings is 2. The number of hydrogen-bond donors (Lipinski definition) is 2. The first-order valence-corrected chi connectivity index (χ1v) is 11.9. The summed E-state index contributed by atoms with van der Waals surface area (Å²) in [6, 6.07) is 19.0. The molecule has 0 saturated carbocycles. The molecule has 1 unspecified atom stereocenters. The molecule has 1 aliphatic carbocycles. The zero-order valence-corrected chi connectivity index (χ0v) is 18.7. The second-order valence-electron chi connectivity index (χ2n) is 9.15. The van der Waals surface area contributed by atoms with Gasteiger partial charge in [0, 0.05) is 29.4 Å². The summed E-state index contributed by atoms with van der Waals surface area (Å²) >= 11 is 0. The maximum atomic E-state index is 13.4. The van der Waals surface area contributed by atoms with Crippen molar-refractivity contribution < 1.29 is 14.6 Å². The van der Waals surface area contributed by atoms with E-state index in [9.17, 15) is 9.90 Å². The van der Waals surface area contributed by atoms with Gasteiger partial charge >= 0.3 is 5.97 Å². The predicted octanol–water partition coefficient (Wildman–Crippen LogP) is 4.40. The molecule has 1 fully saturated rings. The molecule has 3 aromatic rings. The van der Waals surface area contributed by atoms with Gasteiger partial charge in [-0.15, -0.1) is 0 Å². The minimum absolute atomic E-state index is 0.0491. The number of esters is 1. The molecule has 0 radical (unpaired) electrons. The Balaban J connectivity index is 1.35. The lowest BCUT2D eigenvalue weighted by Crippen LogP contribution is -2.37. The topological polar surface area (TPSA) is 71.5 Å². The van der Waals surface area contributed by atoms with Crippen molar-refractivity contribution in [3.05, 3.63) is 89.7 Å². The number of ether oxygens (including phenoxy) is 1. The zero-order valence-electron chi connectivity index (χ0n) is 18.7. The Morgan fingerprint density at radius 3 is 2.33 bits per heavy atom. The first kappa shape index (κ1) is 21.8. The van der Waals surface area contributed by atoms with Gasteiger partial charge in [-0.3, -0.25) is 4.98 Å². The van der Waals surface area contributed by atoms with Gasteiger partial charge in [-0.2, -0.15) is 0 Å². The molecule has 1 atom stereocenters. The number of hydrogen-bond acceptors (Lipinski definition) is 5. The summed E-state index contributed by atoms with van der Waals surface area (Å²) in [7, 11) is 0. The smallest absolute Gasteiger partial charge is 0.347 e. The van der Waals surface area contributed by atoms with Gasteiger partial charge in [-0.1, -0.05) is 54.6 Å². The van der Waals surface area contributed by atoms with Crippen LogP contribution in [0.15, 0.2) is 73.1 Å². The van der Waals surface area contributed by atoms with E-state index in [0.717, 1.165) is 42.6 Å². The average Bonchev–Trinajstić information content (AvgIpc) is 3.15. The molecule has 2 aromatic carbocycles. The monoisotopic (exact) mass is 442 g/mol. The molecule has 2 heterocycles. The molecule has 170 valence electrons. The summed E-state index contributed by atoms with van der Waals surface area (Å²) in [5.41, 5.74) is 2.21. The van der Waals surface area contributed by atoms with Crippen LogP contribution in [0.3, 0.4) is 0 Å². The number of fused-ring (bicyclic) bond motifs is 3. The minimum Gasteiger partial charge on any atom is -0.462 e. The highest BCUT2D eigenvalue weighted by Crippen LogP contribution is 2.48. The number of aliphatic hydroxyl groups is 1. The van der Waals surface area contributed by atoms with Gasteiger partial charge < -0.3 is 15.2 Å². The quantitative estimate of drug-likeness (QED) is 0.531. The van der Waals surface area contributed by atoms with E-state index in [0.29, 0.717) is 17.0 Å². The van der Waals surface area contributed by atoms with Crippen LogP contribution in [-0.4, -0.2) is 35.8 Å².